The van der Waals surface area contributed by atoms with E-state index in [0.717, 1.165) is 21.6 Å². The van der Waals surface area contributed by atoms with Crippen molar-refractivity contribution in [3.63, 3.8) is 0 Å². The third-order valence-corrected chi connectivity index (χ3v) is 5.17. The van der Waals surface area contributed by atoms with E-state index in [0.29, 0.717) is 29.9 Å². The lowest BCUT2D eigenvalue weighted by molar-refractivity contribution is 0.279. The maximum atomic E-state index is 10.4. The maximum Gasteiger partial charge on any atom is 0.142 e. The predicted octanol–water partition coefficient (Wildman–Crippen LogP) is 2.93. The molecule has 0 bridgehead atoms. The third kappa shape index (κ3) is 2.81. The second kappa shape index (κ2) is 6.70. The highest BCUT2D eigenvalue weighted by atomic mass is 32.1. The van der Waals surface area contributed by atoms with Crippen LogP contribution in [0.3, 0.4) is 0 Å². The highest BCUT2D eigenvalue weighted by Crippen LogP contribution is 2.33. The van der Waals surface area contributed by atoms with Gasteiger partial charge in [-0.1, -0.05) is 0 Å². The molecule has 0 unspecified atom stereocenters. The van der Waals surface area contributed by atoms with Crippen molar-refractivity contribution < 1.29 is 10.2 Å². The van der Waals surface area contributed by atoms with Crippen LogP contribution in [0, 0.1) is 13.8 Å². The van der Waals surface area contributed by atoms with Gasteiger partial charge in [-0.15, -0.1) is 11.3 Å². The first-order valence-corrected chi connectivity index (χ1v) is 8.65. The second-order valence-corrected chi connectivity index (χ2v) is 6.52. The van der Waals surface area contributed by atoms with E-state index in [2.05, 4.69) is 25.2 Å². The van der Waals surface area contributed by atoms with E-state index in [-0.39, 0.29) is 12.4 Å². The fourth-order valence-corrected chi connectivity index (χ4v) is 3.65. The number of nitrogens with zero attached hydrogens (tertiary/aromatic N) is 4. The highest BCUT2D eigenvalue weighted by molar-refractivity contribution is 7.17. The van der Waals surface area contributed by atoms with Gasteiger partial charge in [0.2, 0.25) is 0 Å². The molecule has 0 aliphatic rings. The minimum Gasteiger partial charge on any atom is -0.506 e. The highest BCUT2D eigenvalue weighted by Gasteiger charge is 2.19. The molecule has 126 valence electrons. The zero-order chi connectivity index (χ0) is 17.3. The number of hydrogen-bond acceptors (Lipinski definition) is 7. The van der Waals surface area contributed by atoms with Gasteiger partial charge in [-0.2, -0.15) is 0 Å². The number of pyridine rings is 1. The van der Waals surface area contributed by atoms with Gasteiger partial charge in [0.05, 0.1) is 17.7 Å². The maximum absolute atomic E-state index is 10.4. The summed E-state index contributed by atoms with van der Waals surface area (Å²) in [5, 5.41) is 23.1. The minimum absolute atomic E-state index is 0.132. The van der Waals surface area contributed by atoms with Gasteiger partial charge in [0.25, 0.3) is 0 Å². The Morgan fingerprint density at radius 3 is 2.71 bits per heavy atom. The number of rotatable bonds is 5. The normalized spacial score (nSPS) is 11.2. The van der Waals surface area contributed by atoms with Gasteiger partial charge in [0, 0.05) is 30.4 Å². The number of aromatic hydroxyl groups is 1. The zero-order valence-electron chi connectivity index (χ0n) is 13.9. The fraction of sp³-hybridized carbons (Fsp3) is 0.353. The molecule has 24 heavy (non-hydrogen) atoms. The van der Waals surface area contributed by atoms with Crippen LogP contribution in [0.1, 0.15) is 29.3 Å². The van der Waals surface area contributed by atoms with E-state index in [1.807, 2.05) is 13.8 Å². The van der Waals surface area contributed by atoms with Crippen LogP contribution in [-0.4, -0.2) is 31.7 Å². The topological polar surface area (TPSA) is 82.4 Å². The summed E-state index contributed by atoms with van der Waals surface area (Å²) in [6.07, 6.45) is 3.19. The monoisotopic (exact) mass is 344 g/mol. The Hall–Kier alpha value is -2.25. The first kappa shape index (κ1) is 16.6. The molecule has 7 heteroatoms. The summed E-state index contributed by atoms with van der Waals surface area (Å²) in [5.41, 5.74) is 3.01. The SMILES string of the molecule is CCN(Cc1c(CO)cnc(C)c1O)c1ncnc2scc(C)c12. The molecular formula is C17H20N4O2S. The van der Waals surface area contributed by atoms with Crippen molar-refractivity contribution in [1.29, 1.82) is 0 Å². The molecule has 3 rings (SSSR count). The molecule has 0 aliphatic heterocycles. The van der Waals surface area contributed by atoms with Crippen LogP contribution in [-0.2, 0) is 13.2 Å². The van der Waals surface area contributed by atoms with E-state index in [1.54, 1.807) is 30.8 Å². The Morgan fingerprint density at radius 1 is 1.21 bits per heavy atom. The largest absolute Gasteiger partial charge is 0.506 e. The number of fused-ring (bicyclic) bond motifs is 1. The van der Waals surface area contributed by atoms with E-state index in [4.69, 9.17) is 0 Å². The Labute approximate surface area is 144 Å². The van der Waals surface area contributed by atoms with Crippen LogP contribution in [0.25, 0.3) is 10.2 Å². The van der Waals surface area contributed by atoms with Gasteiger partial charge in [0.1, 0.15) is 22.7 Å². The standard InChI is InChI=1S/C17H20N4O2S/c1-4-21(6-13-12(7-22)5-18-11(3)15(13)23)16-14-10(2)8-24-17(14)20-9-19-16/h5,8-9,22-23H,4,6-7H2,1-3H3. The van der Waals surface area contributed by atoms with Gasteiger partial charge >= 0.3 is 0 Å². The average molecular weight is 344 g/mol. The van der Waals surface area contributed by atoms with Crippen LogP contribution in [0.4, 0.5) is 5.82 Å². The molecule has 3 aromatic rings. The minimum atomic E-state index is -0.162. The lowest BCUT2D eigenvalue weighted by Gasteiger charge is -2.24. The zero-order valence-corrected chi connectivity index (χ0v) is 14.8. The third-order valence-electron chi connectivity index (χ3n) is 4.16. The van der Waals surface area contributed by atoms with Crippen LogP contribution in [0.2, 0.25) is 0 Å². The molecule has 0 radical (unpaired) electrons. The molecule has 0 atom stereocenters. The Bertz CT molecular complexity index is 878. The van der Waals surface area contributed by atoms with Gasteiger partial charge in [-0.3, -0.25) is 4.98 Å². The first-order chi connectivity index (χ1) is 11.6. The van der Waals surface area contributed by atoms with Crippen LogP contribution >= 0.6 is 11.3 Å². The number of aromatic nitrogens is 3. The van der Waals surface area contributed by atoms with Crippen molar-refractivity contribution in [3.05, 3.63) is 40.3 Å². The summed E-state index contributed by atoms with van der Waals surface area (Å²) >= 11 is 1.60. The van der Waals surface area contributed by atoms with E-state index >= 15 is 0 Å². The summed E-state index contributed by atoms with van der Waals surface area (Å²) in [6.45, 7) is 6.84. The van der Waals surface area contributed by atoms with Gasteiger partial charge in [0.15, 0.2) is 0 Å². The molecule has 3 aromatic heterocycles. The Balaban J connectivity index is 2.08. The number of anilines is 1. The summed E-state index contributed by atoms with van der Waals surface area (Å²) in [7, 11) is 0. The van der Waals surface area contributed by atoms with Crippen LogP contribution in [0.15, 0.2) is 17.9 Å². The number of aliphatic hydroxyl groups excluding tert-OH is 1. The molecule has 6 nitrogen and oxygen atoms in total. The average Bonchev–Trinajstić information content (AvgIpc) is 2.98. The molecule has 2 N–H and O–H groups in total. The molecule has 0 saturated carbocycles. The van der Waals surface area contributed by atoms with Crippen molar-refractivity contribution in [1.82, 2.24) is 15.0 Å². The molecule has 0 aromatic carbocycles. The number of aryl methyl sites for hydroxylation is 2. The van der Waals surface area contributed by atoms with Crippen molar-refractivity contribution in [3.8, 4) is 5.75 Å². The molecule has 0 saturated heterocycles. The van der Waals surface area contributed by atoms with Crippen molar-refractivity contribution >= 4 is 27.4 Å². The van der Waals surface area contributed by atoms with E-state index < -0.39 is 0 Å². The number of hydrogen-bond donors (Lipinski definition) is 2. The summed E-state index contributed by atoms with van der Waals surface area (Å²) in [5.74, 6) is 0.978. The Kier molecular flexibility index (Phi) is 4.64. The molecule has 0 fully saturated rings. The molecule has 0 aliphatic carbocycles. The number of thiophene rings is 1. The second-order valence-electron chi connectivity index (χ2n) is 5.66. The smallest absolute Gasteiger partial charge is 0.142 e. The molecule has 0 amide bonds. The van der Waals surface area contributed by atoms with Gasteiger partial charge < -0.3 is 15.1 Å². The quantitative estimate of drug-likeness (QED) is 0.740. The summed E-state index contributed by atoms with van der Waals surface area (Å²) < 4.78 is 0. The van der Waals surface area contributed by atoms with E-state index in [9.17, 15) is 10.2 Å². The van der Waals surface area contributed by atoms with Gasteiger partial charge in [-0.25, -0.2) is 9.97 Å². The van der Waals surface area contributed by atoms with Crippen molar-refractivity contribution in [2.75, 3.05) is 11.4 Å². The first-order valence-electron chi connectivity index (χ1n) is 7.77. The van der Waals surface area contributed by atoms with Crippen LogP contribution in [0.5, 0.6) is 5.75 Å². The van der Waals surface area contributed by atoms with Crippen molar-refractivity contribution in [2.45, 2.75) is 33.9 Å². The molecule has 0 spiro atoms. The lowest BCUT2D eigenvalue weighted by Crippen LogP contribution is -2.24. The van der Waals surface area contributed by atoms with Gasteiger partial charge in [-0.05, 0) is 31.7 Å². The lowest BCUT2D eigenvalue weighted by atomic mass is 10.1. The predicted molar refractivity (Wildman–Crippen MR) is 95.4 cm³/mol. The molecular weight excluding hydrogens is 324 g/mol. The summed E-state index contributed by atoms with van der Waals surface area (Å²) in [6, 6.07) is 0. The Morgan fingerprint density at radius 2 is 2.00 bits per heavy atom. The fourth-order valence-electron chi connectivity index (χ4n) is 2.76. The summed E-state index contributed by atoms with van der Waals surface area (Å²) in [4.78, 5) is 16.0. The molecule has 3 heterocycles. The van der Waals surface area contributed by atoms with Crippen LogP contribution < -0.4 is 4.90 Å². The van der Waals surface area contributed by atoms with E-state index in [1.165, 1.54) is 0 Å². The van der Waals surface area contributed by atoms with Crippen molar-refractivity contribution in [2.24, 2.45) is 0 Å². The number of aliphatic hydroxyl groups is 1.